The first kappa shape index (κ1) is 9.78. The highest BCUT2D eigenvalue weighted by molar-refractivity contribution is 5.99. The van der Waals surface area contributed by atoms with Gasteiger partial charge in [0.15, 0.2) is 0 Å². The van der Waals surface area contributed by atoms with Crippen molar-refractivity contribution in [1.29, 1.82) is 0 Å². The average Bonchev–Trinajstić information content (AvgIpc) is 2.04. The van der Waals surface area contributed by atoms with E-state index in [0.717, 1.165) is 5.71 Å². The minimum absolute atomic E-state index is 1.03. The number of rotatable bonds is 2. The predicted molar refractivity (Wildman–Crippen MR) is 57.2 cm³/mol. The van der Waals surface area contributed by atoms with Gasteiger partial charge in [0, 0.05) is 12.6 Å². The van der Waals surface area contributed by atoms with Gasteiger partial charge in [-0.15, -0.1) is 0 Å². The van der Waals surface area contributed by atoms with Gasteiger partial charge in [0.2, 0.25) is 0 Å². The summed E-state index contributed by atoms with van der Waals surface area (Å²) in [4.78, 5) is 0. The molecular weight excluding hydrogens is 160 g/mol. The molecule has 0 fully saturated rings. The number of hydrogen-bond acceptors (Lipinski definition) is 2. The Bertz CT molecular complexity index is 327. The lowest BCUT2D eigenvalue weighted by molar-refractivity contribution is 0.899. The molecule has 0 amide bonds. The lowest BCUT2D eigenvalue weighted by Gasteiger charge is -2.05. The Kier molecular flexibility index (Phi) is 3.07. The van der Waals surface area contributed by atoms with Crippen LogP contribution in [0.5, 0.6) is 0 Å². The highest BCUT2D eigenvalue weighted by Gasteiger charge is 2.00. The van der Waals surface area contributed by atoms with Crippen molar-refractivity contribution >= 4 is 5.71 Å². The van der Waals surface area contributed by atoms with E-state index < -0.39 is 0 Å². The van der Waals surface area contributed by atoms with Crippen molar-refractivity contribution in [3.8, 4) is 0 Å². The van der Waals surface area contributed by atoms with Gasteiger partial charge < -0.3 is 5.43 Å². The molecule has 0 heterocycles. The zero-order valence-corrected chi connectivity index (χ0v) is 8.68. The molecular formula is C11H16N2. The smallest absolute Gasteiger partial charge is 0.0646 e. The summed E-state index contributed by atoms with van der Waals surface area (Å²) < 4.78 is 0. The topological polar surface area (TPSA) is 24.4 Å². The van der Waals surface area contributed by atoms with E-state index in [1.54, 1.807) is 0 Å². The van der Waals surface area contributed by atoms with Crippen molar-refractivity contribution in [2.45, 2.75) is 20.8 Å². The van der Waals surface area contributed by atoms with E-state index in [2.05, 4.69) is 42.6 Å². The molecule has 0 bridgehead atoms. The molecule has 0 aliphatic rings. The van der Waals surface area contributed by atoms with E-state index in [1.807, 2.05) is 14.0 Å². The minimum atomic E-state index is 1.03. The van der Waals surface area contributed by atoms with Crippen LogP contribution in [0.15, 0.2) is 23.3 Å². The average molecular weight is 176 g/mol. The molecule has 0 spiro atoms. The van der Waals surface area contributed by atoms with Crippen molar-refractivity contribution in [2.75, 3.05) is 7.05 Å². The highest BCUT2D eigenvalue weighted by atomic mass is 15.3. The van der Waals surface area contributed by atoms with E-state index in [1.165, 1.54) is 16.7 Å². The zero-order chi connectivity index (χ0) is 9.84. The first-order valence-electron chi connectivity index (χ1n) is 4.44. The fourth-order valence-corrected chi connectivity index (χ4v) is 1.45. The van der Waals surface area contributed by atoms with Gasteiger partial charge in [0.1, 0.15) is 0 Å². The van der Waals surface area contributed by atoms with Gasteiger partial charge >= 0.3 is 0 Å². The van der Waals surface area contributed by atoms with Crippen LogP contribution in [-0.4, -0.2) is 12.8 Å². The Labute approximate surface area is 79.7 Å². The molecule has 0 aliphatic heterocycles. The maximum Gasteiger partial charge on any atom is 0.0646 e. The molecule has 1 aromatic rings. The molecule has 0 aromatic heterocycles. The maximum absolute atomic E-state index is 4.15. The molecule has 0 radical (unpaired) electrons. The normalized spacial score (nSPS) is 11.5. The zero-order valence-electron chi connectivity index (χ0n) is 8.68. The number of hydrogen-bond donors (Lipinski definition) is 1. The summed E-state index contributed by atoms with van der Waals surface area (Å²) >= 11 is 0. The van der Waals surface area contributed by atoms with Crippen LogP contribution >= 0.6 is 0 Å². The molecule has 13 heavy (non-hydrogen) atoms. The SMILES string of the molecule is CN/N=C(/C)c1ccc(C)cc1C. The predicted octanol–water partition coefficient (Wildman–Crippen LogP) is 2.25. The highest BCUT2D eigenvalue weighted by Crippen LogP contribution is 2.11. The lowest BCUT2D eigenvalue weighted by Crippen LogP contribution is -2.04. The van der Waals surface area contributed by atoms with Crippen LogP contribution in [0.25, 0.3) is 0 Å². The van der Waals surface area contributed by atoms with Crippen LogP contribution in [0.4, 0.5) is 0 Å². The van der Waals surface area contributed by atoms with Crippen molar-refractivity contribution in [2.24, 2.45) is 5.10 Å². The molecule has 0 atom stereocenters. The maximum atomic E-state index is 4.15. The van der Waals surface area contributed by atoms with Gasteiger partial charge in [-0.25, -0.2) is 0 Å². The van der Waals surface area contributed by atoms with Crippen molar-refractivity contribution in [1.82, 2.24) is 5.43 Å². The molecule has 2 heteroatoms. The first-order chi connectivity index (χ1) is 6.15. The summed E-state index contributed by atoms with van der Waals surface area (Å²) in [6, 6.07) is 6.39. The Morgan fingerprint density at radius 2 is 2.00 bits per heavy atom. The van der Waals surface area contributed by atoms with E-state index in [4.69, 9.17) is 0 Å². The van der Waals surface area contributed by atoms with Gasteiger partial charge in [-0.1, -0.05) is 23.8 Å². The molecule has 0 saturated carbocycles. The first-order valence-corrected chi connectivity index (χ1v) is 4.44. The molecule has 70 valence electrons. The molecule has 2 nitrogen and oxygen atoms in total. The molecule has 1 N–H and O–H groups in total. The largest absolute Gasteiger partial charge is 0.313 e. The third kappa shape index (κ3) is 2.31. The van der Waals surface area contributed by atoms with Crippen molar-refractivity contribution < 1.29 is 0 Å². The Balaban J connectivity index is 3.09. The quantitative estimate of drug-likeness (QED) is 0.542. The number of hydrazone groups is 1. The van der Waals surface area contributed by atoms with Gasteiger partial charge in [0.25, 0.3) is 0 Å². The van der Waals surface area contributed by atoms with E-state index in [-0.39, 0.29) is 0 Å². The minimum Gasteiger partial charge on any atom is -0.313 e. The third-order valence-electron chi connectivity index (χ3n) is 2.05. The fourth-order valence-electron chi connectivity index (χ4n) is 1.45. The van der Waals surface area contributed by atoms with Gasteiger partial charge in [-0.2, -0.15) is 5.10 Å². The second-order valence-electron chi connectivity index (χ2n) is 3.24. The Hall–Kier alpha value is -1.31. The second-order valence-corrected chi connectivity index (χ2v) is 3.24. The summed E-state index contributed by atoms with van der Waals surface area (Å²) in [7, 11) is 1.81. The van der Waals surface area contributed by atoms with Gasteiger partial charge in [-0.3, -0.25) is 0 Å². The Morgan fingerprint density at radius 1 is 1.31 bits per heavy atom. The lowest BCUT2D eigenvalue weighted by atomic mass is 10.0. The van der Waals surface area contributed by atoms with Crippen LogP contribution in [0, 0.1) is 13.8 Å². The van der Waals surface area contributed by atoms with Gasteiger partial charge in [0.05, 0.1) is 5.71 Å². The monoisotopic (exact) mass is 176 g/mol. The summed E-state index contributed by atoms with van der Waals surface area (Å²) in [5.74, 6) is 0. The number of nitrogens with zero attached hydrogens (tertiary/aromatic N) is 1. The van der Waals surface area contributed by atoms with Crippen LogP contribution in [0.3, 0.4) is 0 Å². The molecule has 0 unspecified atom stereocenters. The molecule has 0 saturated heterocycles. The van der Waals surface area contributed by atoms with E-state index in [0.29, 0.717) is 0 Å². The fraction of sp³-hybridized carbons (Fsp3) is 0.364. The summed E-state index contributed by atoms with van der Waals surface area (Å²) in [5.41, 5.74) is 7.60. The van der Waals surface area contributed by atoms with E-state index in [9.17, 15) is 0 Å². The van der Waals surface area contributed by atoms with Crippen molar-refractivity contribution in [3.63, 3.8) is 0 Å². The number of aryl methyl sites for hydroxylation is 2. The van der Waals surface area contributed by atoms with Crippen molar-refractivity contribution in [3.05, 3.63) is 34.9 Å². The summed E-state index contributed by atoms with van der Waals surface area (Å²) in [6.07, 6.45) is 0. The Morgan fingerprint density at radius 3 is 2.54 bits per heavy atom. The van der Waals surface area contributed by atoms with E-state index >= 15 is 0 Å². The van der Waals surface area contributed by atoms with Crippen LogP contribution in [0.1, 0.15) is 23.6 Å². The summed E-state index contributed by atoms with van der Waals surface area (Å²) in [6.45, 7) is 6.21. The summed E-state index contributed by atoms with van der Waals surface area (Å²) in [5, 5.41) is 4.15. The molecule has 1 aromatic carbocycles. The van der Waals surface area contributed by atoms with Crippen LogP contribution in [-0.2, 0) is 0 Å². The molecule has 1 rings (SSSR count). The standard InChI is InChI=1S/C11H16N2/c1-8-5-6-11(9(2)7-8)10(3)13-12-4/h5-7,12H,1-4H3/b13-10-. The van der Waals surface area contributed by atoms with Crippen LogP contribution < -0.4 is 5.43 Å². The van der Waals surface area contributed by atoms with Crippen LogP contribution in [0.2, 0.25) is 0 Å². The van der Waals surface area contributed by atoms with Gasteiger partial charge in [-0.05, 0) is 26.3 Å². The third-order valence-corrected chi connectivity index (χ3v) is 2.05. The molecule has 0 aliphatic carbocycles. The number of nitrogens with one attached hydrogen (secondary N) is 1. The second kappa shape index (κ2) is 4.08. The number of benzene rings is 1.